The SMILES string of the molecule is CB1OC(c2ccccc2)(c2ccccc2)C2CCCC12. The van der Waals surface area contributed by atoms with Gasteiger partial charge in [0.15, 0.2) is 0 Å². The topological polar surface area (TPSA) is 9.23 Å². The zero-order valence-corrected chi connectivity index (χ0v) is 12.5. The maximum Gasteiger partial charge on any atom is 0.295 e. The van der Waals surface area contributed by atoms with Gasteiger partial charge in [-0.25, -0.2) is 0 Å². The summed E-state index contributed by atoms with van der Waals surface area (Å²) >= 11 is 0. The Morgan fingerprint density at radius 2 is 1.48 bits per heavy atom. The molecule has 1 heterocycles. The van der Waals surface area contributed by atoms with Crippen LogP contribution in [0.1, 0.15) is 30.4 Å². The lowest BCUT2D eigenvalue weighted by atomic mass is 9.56. The van der Waals surface area contributed by atoms with Crippen molar-refractivity contribution < 1.29 is 4.65 Å². The molecule has 1 aliphatic carbocycles. The molecule has 0 spiro atoms. The first-order valence-corrected chi connectivity index (χ1v) is 8.11. The first-order valence-electron chi connectivity index (χ1n) is 8.11. The molecular weight excluding hydrogens is 255 g/mol. The Balaban J connectivity index is 1.92. The molecular formula is C19H21BO. The molecule has 0 bridgehead atoms. The van der Waals surface area contributed by atoms with Gasteiger partial charge in [-0.15, -0.1) is 0 Å². The highest BCUT2D eigenvalue weighted by Crippen LogP contribution is 2.59. The first kappa shape index (κ1) is 13.2. The van der Waals surface area contributed by atoms with Crippen LogP contribution >= 0.6 is 0 Å². The average Bonchev–Trinajstić information content (AvgIpc) is 3.13. The quantitative estimate of drug-likeness (QED) is 0.719. The fourth-order valence-corrected chi connectivity index (χ4v) is 4.63. The molecule has 0 amide bonds. The largest absolute Gasteiger partial charge is 0.423 e. The predicted molar refractivity (Wildman–Crippen MR) is 87.5 cm³/mol. The van der Waals surface area contributed by atoms with E-state index in [0.717, 1.165) is 0 Å². The summed E-state index contributed by atoms with van der Waals surface area (Å²) in [4.78, 5) is 0. The highest BCUT2D eigenvalue weighted by atomic mass is 16.5. The second-order valence-corrected chi connectivity index (χ2v) is 6.49. The minimum atomic E-state index is -0.247. The third-order valence-corrected chi connectivity index (χ3v) is 5.47. The maximum atomic E-state index is 6.69. The van der Waals surface area contributed by atoms with Gasteiger partial charge < -0.3 is 4.65 Å². The van der Waals surface area contributed by atoms with Crippen molar-refractivity contribution in [1.82, 2.24) is 0 Å². The van der Waals surface area contributed by atoms with Crippen molar-refractivity contribution in [3.05, 3.63) is 71.8 Å². The molecule has 4 rings (SSSR count). The van der Waals surface area contributed by atoms with Crippen molar-refractivity contribution in [2.24, 2.45) is 5.92 Å². The summed E-state index contributed by atoms with van der Waals surface area (Å²) in [5, 5.41) is 0. The van der Waals surface area contributed by atoms with E-state index in [9.17, 15) is 0 Å². The van der Waals surface area contributed by atoms with E-state index < -0.39 is 0 Å². The minimum Gasteiger partial charge on any atom is -0.423 e. The average molecular weight is 276 g/mol. The molecule has 2 aliphatic rings. The van der Waals surface area contributed by atoms with E-state index >= 15 is 0 Å². The Kier molecular flexibility index (Phi) is 3.15. The predicted octanol–water partition coefficient (Wildman–Crippen LogP) is 4.75. The molecule has 2 fully saturated rings. The molecule has 0 aromatic heterocycles. The van der Waals surface area contributed by atoms with Crippen LogP contribution in [-0.2, 0) is 10.3 Å². The van der Waals surface area contributed by atoms with Crippen LogP contribution in [0.15, 0.2) is 60.7 Å². The van der Waals surface area contributed by atoms with E-state index in [0.29, 0.717) is 18.7 Å². The fourth-order valence-electron chi connectivity index (χ4n) is 4.63. The molecule has 21 heavy (non-hydrogen) atoms. The molecule has 2 atom stereocenters. The van der Waals surface area contributed by atoms with Crippen molar-refractivity contribution >= 4 is 6.92 Å². The van der Waals surface area contributed by atoms with Crippen LogP contribution in [0.2, 0.25) is 12.6 Å². The molecule has 1 saturated carbocycles. The number of fused-ring (bicyclic) bond motifs is 1. The van der Waals surface area contributed by atoms with Crippen molar-refractivity contribution in [3.63, 3.8) is 0 Å². The maximum absolute atomic E-state index is 6.69. The number of rotatable bonds is 2. The van der Waals surface area contributed by atoms with E-state index in [4.69, 9.17) is 4.65 Å². The van der Waals surface area contributed by atoms with Gasteiger partial charge in [0.1, 0.15) is 5.60 Å². The number of hydrogen-bond acceptors (Lipinski definition) is 1. The lowest BCUT2D eigenvalue weighted by molar-refractivity contribution is 0.0843. The summed E-state index contributed by atoms with van der Waals surface area (Å²) in [5.74, 6) is 1.31. The van der Waals surface area contributed by atoms with E-state index in [1.165, 1.54) is 30.4 Å². The smallest absolute Gasteiger partial charge is 0.295 e. The Morgan fingerprint density at radius 3 is 2.05 bits per heavy atom. The molecule has 1 saturated heterocycles. The molecule has 0 N–H and O–H groups in total. The van der Waals surface area contributed by atoms with Crippen LogP contribution in [0.5, 0.6) is 0 Å². The normalized spacial score (nSPS) is 26.8. The summed E-state index contributed by atoms with van der Waals surface area (Å²) in [5.41, 5.74) is 2.39. The van der Waals surface area contributed by atoms with Crippen molar-refractivity contribution in [2.45, 2.75) is 37.5 Å². The highest BCUT2D eigenvalue weighted by Gasteiger charge is 2.57. The number of hydrogen-bond donors (Lipinski definition) is 0. The molecule has 106 valence electrons. The molecule has 2 aromatic carbocycles. The molecule has 2 aromatic rings. The van der Waals surface area contributed by atoms with E-state index in [1.54, 1.807) is 0 Å². The van der Waals surface area contributed by atoms with E-state index in [2.05, 4.69) is 67.5 Å². The molecule has 2 heteroatoms. The van der Waals surface area contributed by atoms with E-state index in [-0.39, 0.29) is 5.60 Å². The van der Waals surface area contributed by atoms with Gasteiger partial charge in [0, 0.05) is 0 Å². The molecule has 1 nitrogen and oxygen atoms in total. The van der Waals surface area contributed by atoms with E-state index in [1.807, 2.05) is 0 Å². The Bertz CT molecular complexity index is 570. The zero-order valence-electron chi connectivity index (χ0n) is 12.5. The molecule has 2 unspecified atom stereocenters. The summed E-state index contributed by atoms with van der Waals surface area (Å²) in [6.07, 6.45) is 3.93. The Labute approximate surface area is 127 Å². The van der Waals surface area contributed by atoms with Gasteiger partial charge in [-0.2, -0.15) is 0 Å². The van der Waals surface area contributed by atoms with Crippen LogP contribution < -0.4 is 0 Å². The van der Waals surface area contributed by atoms with Gasteiger partial charge in [0.25, 0.3) is 6.92 Å². The second-order valence-electron chi connectivity index (χ2n) is 6.49. The Hall–Kier alpha value is -1.54. The minimum absolute atomic E-state index is 0.247. The summed E-state index contributed by atoms with van der Waals surface area (Å²) in [7, 11) is 0. The van der Waals surface area contributed by atoms with Crippen LogP contribution in [0.4, 0.5) is 0 Å². The Morgan fingerprint density at radius 1 is 0.905 bits per heavy atom. The fraction of sp³-hybridized carbons (Fsp3) is 0.368. The van der Waals surface area contributed by atoms with Crippen molar-refractivity contribution in [2.75, 3.05) is 0 Å². The number of benzene rings is 2. The third kappa shape index (κ3) is 1.89. The van der Waals surface area contributed by atoms with Crippen molar-refractivity contribution in [1.29, 1.82) is 0 Å². The highest BCUT2D eigenvalue weighted by molar-refractivity contribution is 6.53. The van der Waals surface area contributed by atoms with Gasteiger partial charge in [-0.05, 0) is 29.3 Å². The van der Waals surface area contributed by atoms with Gasteiger partial charge in [-0.3, -0.25) is 0 Å². The first-order chi connectivity index (χ1) is 10.3. The standard InChI is InChI=1S/C19H21BO/c1-20-18-14-8-13-17(18)19(21-20,15-9-4-2-5-10-15)16-11-6-3-7-12-16/h2-7,9-12,17-18H,8,13-14H2,1H3. The lowest BCUT2D eigenvalue weighted by Crippen LogP contribution is -2.34. The molecule has 1 aliphatic heterocycles. The summed E-state index contributed by atoms with van der Waals surface area (Å²) < 4.78 is 6.69. The van der Waals surface area contributed by atoms with Crippen molar-refractivity contribution in [3.8, 4) is 0 Å². The molecule has 0 radical (unpaired) electrons. The summed E-state index contributed by atoms with van der Waals surface area (Å²) in [6, 6.07) is 21.7. The zero-order chi connectivity index (χ0) is 14.3. The van der Waals surface area contributed by atoms with Crippen LogP contribution in [0.3, 0.4) is 0 Å². The van der Waals surface area contributed by atoms with Gasteiger partial charge >= 0.3 is 0 Å². The monoisotopic (exact) mass is 276 g/mol. The van der Waals surface area contributed by atoms with Crippen LogP contribution in [0.25, 0.3) is 0 Å². The van der Waals surface area contributed by atoms with Gasteiger partial charge in [0.2, 0.25) is 0 Å². The van der Waals surface area contributed by atoms with Crippen LogP contribution in [-0.4, -0.2) is 6.92 Å². The second kappa shape index (κ2) is 5.03. The van der Waals surface area contributed by atoms with Crippen LogP contribution in [0, 0.1) is 5.92 Å². The summed E-state index contributed by atoms with van der Waals surface area (Å²) in [6.45, 7) is 2.61. The van der Waals surface area contributed by atoms with Gasteiger partial charge in [0.05, 0.1) is 0 Å². The third-order valence-electron chi connectivity index (χ3n) is 5.47. The lowest BCUT2D eigenvalue weighted by Gasteiger charge is -2.37. The van der Waals surface area contributed by atoms with Gasteiger partial charge in [-0.1, -0.05) is 80.3 Å².